The van der Waals surface area contributed by atoms with Gasteiger partial charge in [0.15, 0.2) is 0 Å². The molecule has 1 aliphatic rings. The number of hydrogen-bond donors (Lipinski definition) is 0. The number of rotatable bonds is 6. The molecule has 0 N–H and O–H groups in total. The van der Waals surface area contributed by atoms with Crippen LogP contribution >= 0.6 is 0 Å². The van der Waals surface area contributed by atoms with Crippen molar-refractivity contribution in [2.45, 2.75) is 79.8 Å². The highest BCUT2D eigenvalue weighted by Gasteiger charge is 2.38. The maximum absolute atomic E-state index is 15.2. The van der Waals surface area contributed by atoms with Crippen LogP contribution in [0.25, 0.3) is 5.57 Å². The maximum atomic E-state index is 15.2. The van der Waals surface area contributed by atoms with Crippen LogP contribution in [-0.4, -0.2) is 0 Å². The quantitative estimate of drug-likeness (QED) is 0.445. The Hall–Kier alpha value is -2.23. The first-order valence-electron chi connectivity index (χ1n) is 11.2. The molecule has 0 aliphatic heterocycles. The second kappa shape index (κ2) is 9.10. The summed E-state index contributed by atoms with van der Waals surface area (Å²) in [6.07, 6.45) is 0.654. The van der Waals surface area contributed by atoms with Gasteiger partial charge in [-0.05, 0) is 104 Å². The van der Waals surface area contributed by atoms with Crippen molar-refractivity contribution >= 4 is 5.57 Å². The smallest absolute Gasteiger partial charge is 0.427 e. The monoisotopic (exact) mass is 430 g/mol. The summed E-state index contributed by atoms with van der Waals surface area (Å²) in [6, 6.07) is 6.65. The van der Waals surface area contributed by atoms with Crippen LogP contribution in [0.5, 0.6) is 5.75 Å². The van der Waals surface area contributed by atoms with E-state index in [4.69, 9.17) is 4.74 Å². The van der Waals surface area contributed by atoms with Crippen molar-refractivity contribution in [2.75, 3.05) is 0 Å². The minimum atomic E-state index is -3.48. The van der Waals surface area contributed by atoms with Crippen molar-refractivity contribution in [3.05, 3.63) is 69.0 Å². The Morgan fingerprint density at radius 2 is 1.52 bits per heavy atom. The van der Waals surface area contributed by atoms with Crippen molar-refractivity contribution in [3.8, 4) is 5.75 Å². The van der Waals surface area contributed by atoms with Crippen molar-refractivity contribution < 1.29 is 17.9 Å². The summed E-state index contributed by atoms with van der Waals surface area (Å²) < 4.78 is 50.4. The molecular weight excluding hydrogens is 397 g/mol. The molecule has 4 heteroatoms. The van der Waals surface area contributed by atoms with E-state index in [1.807, 2.05) is 20.8 Å². The zero-order valence-electron chi connectivity index (χ0n) is 19.5. The Morgan fingerprint density at radius 3 is 2.03 bits per heavy atom. The molecule has 1 nitrogen and oxygen atoms in total. The van der Waals surface area contributed by atoms with Gasteiger partial charge in [0.1, 0.15) is 11.6 Å². The van der Waals surface area contributed by atoms with Gasteiger partial charge in [-0.25, -0.2) is 4.39 Å². The number of halogens is 3. The van der Waals surface area contributed by atoms with E-state index in [9.17, 15) is 4.39 Å². The fourth-order valence-corrected chi connectivity index (χ4v) is 4.77. The van der Waals surface area contributed by atoms with E-state index in [2.05, 4.69) is 6.92 Å². The van der Waals surface area contributed by atoms with Crippen LogP contribution in [-0.2, 0) is 6.11 Å². The standard InChI is InChI=1S/C27H33F3O/c1-7-8-21-9-10-24(25(28)15-21)22-11-18(4)26(19(5)12-22)27(29,30)31-23-13-16(2)20(6)17(3)14-23/h11-14,21H,7-10,15H2,1-6H3. The van der Waals surface area contributed by atoms with Gasteiger partial charge < -0.3 is 4.74 Å². The highest BCUT2D eigenvalue weighted by molar-refractivity contribution is 5.70. The van der Waals surface area contributed by atoms with Crippen molar-refractivity contribution in [1.82, 2.24) is 0 Å². The molecule has 1 aliphatic carbocycles. The van der Waals surface area contributed by atoms with E-state index >= 15 is 8.78 Å². The molecule has 0 radical (unpaired) electrons. The van der Waals surface area contributed by atoms with Crippen LogP contribution in [0.3, 0.4) is 0 Å². The van der Waals surface area contributed by atoms with Gasteiger partial charge in [0, 0.05) is 6.42 Å². The van der Waals surface area contributed by atoms with Gasteiger partial charge in [0.05, 0.1) is 5.56 Å². The van der Waals surface area contributed by atoms with Gasteiger partial charge in [0.2, 0.25) is 0 Å². The topological polar surface area (TPSA) is 9.23 Å². The Morgan fingerprint density at radius 1 is 0.935 bits per heavy atom. The summed E-state index contributed by atoms with van der Waals surface area (Å²) in [5, 5.41) is 0. The molecule has 2 aromatic rings. The molecule has 2 aromatic carbocycles. The minimum absolute atomic E-state index is 0.0927. The maximum Gasteiger partial charge on any atom is 0.427 e. The van der Waals surface area contributed by atoms with Crippen molar-refractivity contribution in [2.24, 2.45) is 5.92 Å². The van der Waals surface area contributed by atoms with Gasteiger partial charge in [-0.2, -0.15) is 8.78 Å². The van der Waals surface area contributed by atoms with Crippen LogP contribution in [0.15, 0.2) is 30.1 Å². The molecule has 0 saturated heterocycles. The largest absolute Gasteiger partial charge is 0.429 e. The molecule has 1 atom stereocenters. The first kappa shape index (κ1) is 23.4. The third-order valence-electron chi connectivity index (χ3n) is 6.61. The summed E-state index contributed by atoms with van der Waals surface area (Å²) in [4.78, 5) is 0. The van der Waals surface area contributed by atoms with Crippen LogP contribution < -0.4 is 4.74 Å². The number of hydrogen-bond acceptors (Lipinski definition) is 1. The van der Waals surface area contributed by atoms with Crippen molar-refractivity contribution in [3.63, 3.8) is 0 Å². The predicted octanol–water partition coefficient (Wildman–Crippen LogP) is 8.64. The molecule has 0 fully saturated rings. The molecule has 1 unspecified atom stereocenters. The summed E-state index contributed by atoms with van der Waals surface area (Å²) in [7, 11) is 0. The minimum Gasteiger partial charge on any atom is -0.429 e. The average Bonchev–Trinajstić information content (AvgIpc) is 2.65. The highest BCUT2D eigenvalue weighted by Crippen LogP contribution is 2.41. The van der Waals surface area contributed by atoms with Crippen LogP contribution in [0, 0.1) is 40.5 Å². The van der Waals surface area contributed by atoms with E-state index < -0.39 is 6.11 Å². The zero-order valence-corrected chi connectivity index (χ0v) is 19.5. The fourth-order valence-electron chi connectivity index (χ4n) is 4.77. The van der Waals surface area contributed by atoms with Gasteiger partial charge in [-0.15, -0.1) is 0 Å². The van der Waals surface area contributed by atoms with E-state index in [1.165, 1.54) is 0 Å². The Bertz CT molecular complexity index is 958. The number of allylic oxidation sites excluding steroid dienone is 2. The van der Waals surface area contributed by atoms with E-state index in [-0.39, 0.29) is 17.1 Å². The van der Waals surface area contributed by atoms with Gasteiger partial charge in [-0.3, -0.25) is 0 Å². The SMILES string of the molecule is CCCC1CCC(c2cc(C)c(C(F)(F)Oc3cc(C)c(C)c(C)c3)c(C)c2)=C(F)C1. The zero-order chi connectivity index (χ0) is 22.9. The molecule has 3 rings (SSSR count). The second-order valence-corrected chi connectivity index (χ2v) is 9.07. The third-order valence-corrected chi connectivity index (χ3v) is 6.61. The molecule has 31 heavy (non-hydrogen) atoms. The lowest BCUT2D eigenvalue weighted by atomic mass is 9.82. The fraction of sp³-hybridized carbons (Fsp3) is 0.481. The lowest BCUT2D eigenvalue weighted by Crippen LogP contribution is -2.25. The summed E-state index contributed by atoms with van der Waals surface area (Å²) in [5.41, 5.74) is 4.95. The Kier molecular flexibility index (Phi) is 6.88. The molecule has 0 spiro atoms. The molecule has 0 amide bonds. The van der Waals surface area contributed by atoms with Crippen molar-refractivity contribution in [1.29, 1.82) is 0 Å². The normalized spacial score (nSPS) is 17.3. The summed E-state index contributed by atoms with van der Waals surface area (Å²) in [5.74, 6) is 0.440. The summed E-state index contributed by atoms with van der Waals surface area (Å²) in [6.45, 7) is 11.1. The average molecular weight is 431 g/mol. The first-order valence-corrected chi connectivity index (χ1v) is 11.2. The van der Waals surface area contributed by atoms with Crippen LogP contribution in [0.4, 0.5) is 13.2 Å². The molecule has 0 bridgehead atoms. The van der Waals surface area contributed by atoms with E-state index in [1.54, 1.807) is 38.1 Å². The van der Waals surface area contributed by atoms with E-state index in [0.717, 1.165) is 36.0 Å². The first-order chi connectivity index (χ1) is 14.5. The van der Waals surface area contributed by atoms with Gasteiger partial charge in [0.25, 0.3) is 0 Å². The summed E-state index contributed by atoms with van der Waals surface area (Å²) >= 11 is 0. The second-order valence-electron chi connectivity index (χ2n) is 9.07. The highest BCUT2D eigenvalue weighted by atomic mass is 19.3. The lowest BCUT2D eigenvalue weighted by Gasteiger charge is -2.26. The van der Waals surface area contributed by atoms with E-state index in [0.29, 0.717) is 41.0 Å². The van der Waals surface area contributed by atoms with Crippen LogP contribution in [0.1, 0.15) is 78.0 Å². The Balaban J connectivity index is 1.92. The van der Waals surface area contributed by atoms with Crippen LogP contribution in [0.2, 0.25) is 0 Å². The molecule has 0 heterocycles. The third kappa shape index (κ3) is 4.99. The number of ether oxygens (including phenoxy) is 1. The number of alkyl halides is 2. The number of benzene rings is 2. The molecule has 0 aromatic heterocycles. The molecule has 0 saturated carbocycles. The lowest BCUT2D eigenvalue weighted by molar-refractivity contribution is -0.186. The molecule has 168 valence electrons. The van der Waals surface area contributed by atoms with Gasteiger partial charge in [-0.1, -0.05) is 31.9 Å². The predicted molar refractivity (Wildman–Crippen MR) is 121 cm³/mol. The van der Waals surface area contributed by atoms with Gasteiger partial charge >= 0.3 is 6.11 Å². The molecular formula is C27H33F3O. The number of aryl methyl sites for hydroxylation is 4. The Labute approximate surface area is 184 Å².